The van der Waals surface area contributed by atoms with Crippen LogP contribution in [0.4, 0.5) is 5.69 Å². The van der Waals surface area contributed by atoms with Gasteiger partial charge in [0.05, 0.1) is 11.3 Å². The largest absolute Gasteiger partial charge is 0.450 e. The summed E-state index contributed by atoms with van der Waals surface area (Å²) in [7, 11) is 0. The molecule has 7 nitrogen and oxygen atoms in total. The molecule has 0 aliphatic heterocycles. The Hall–Kier alpha value is -4.88. The van der Waals surface area contributed by atoms with Crippen molar-refractivity contribution in [2.45, 2.75) is 18.1 Å². The van der Waals surface area contributed by atoms with E-state index in [0.29, 0.717) is 22.3 Å². The molecule has 4 rings (SSSR count). The summed E-state index contributed by atoms with van der Waals surface area (Å²) in [6, 6.07) is 32.1. The molecule has 0 amide bonds. The molecule has 0 heterocycles. The quantitative estimate of drug-likeness (QED) is 0.123. The molecule has 0 fully saturated rings. The van der Waals surface area contributed by atoms with Crippen LogP contribution in [-0.4, -0.2) is 27.4 Å². The Morgan fingerprint density at radius 1 is 0.816 bits per heavy atom. The van der Waals surface area contributed by atoms with Gasteiger partial charge in [-0.3, -0.25) is 14.9 Å². The molecule has 0 bridgehead atoms. The normalized spacial score (nSPS) is 12.7. The SMILES string of the molecule is O=C(C[C@](O)(/C=C/c1ccc([N+](=O)[O-])cc1)C(=O)OC(c1ccccc1)c1ccccc1)c1ccccc1. The first kappa shape index (κ1) is 26.2. The summed E-state index contributed by atoms with van der Waals surface area (Å²) in [5.74, 6) is -1.45. The van der Waals surface area contributed by atoms with Gasteiger partial charge in [-0.25, -0.2) is 4.79 Å². The molecule has 0 spiro atoms. The van der Waals surface area contributed by atoms with Gasteiger partial charge in [0.1, 0.15) is 0 Å². The number of carbonyl (C=O) groups excluding carboxylic acids is 2. The van der Waals surface area contributed by atoms with Crippen LogP contribution in [0.25, 0.3) is 6.08 Å². The number of ether oxygens (including phenoxy) is 1. The van der Waals surface area contributed by atoms with Crippen LogP contribution >= 0.6 is 0 Å². The Morgan fingerprint density at radius 2 is 1.32 bits per heavy atom. The molecular formula is C31H25NO6. The van der Waals surface area contributed by atoms with E-state index in [1.54, 1.807) is 30.3 Å². The van der Waals surface area contributed by atoms with E-state index in [4.69, 9.17) is 4.74 Å². The standard InChI is InChI=1S/C31H25NO6/c33-28(24-10-4-1-5-11-24)22-31(35,21-20-23-16-18-27(19-17-23)32(36)37)30(34)38-29(25-12-6-2-7-13-25)26-14-8-3-9-15-26/h1-21,29,35H,22H2/b21-20+/t31-/m1/s1. The lowest BCUT2D eigenvalue weighted by molar-refractivity contribution is -0.384. The average molecular weight is 508 g/mol. The fraction of sp³-hybridized carbons (Fsp3) is 0.0968. The molecule has 1 N–H and O–H groups in total. The number of non-ortho nitro benzene ring substituents is 1. The van der Waals surface area contributed by atoms with Crippen molar-refractivity contribution in [2.75, 3.05) is 0 Å². The molecular weight excluding hydrogens is 482 g/mol. The average Bonchev–Trinajstić information content (AvgIpc) is 2.96. The van der Waals surface area contributed by atoms with Crippen LogP contribution in [0.2, 0.25) is 0 Å². The van der Waals surface area contributed by atoms with Crippen LogP contribution in [0.3, 0.4) is 0 Å². The van der Waals surface area contributed by atoms with Crippen molar-refractivity contribution >= 4 is 23.5 Å². The van der Waals surface area contributed by atoms with Crippen molar-refractivity contribution in [1.82, 2.24) is 0 Å². The zero-order valence-electron chi connectivity index (χ0n) is 20.3. The molecule has 4 aromatic rings. The van der Waals surface area contributed by atoms with E-state index in [1.165, 1.54) is 36.4 Å². The van der Waals surface area contributed by atoms with Gasteiger partial charge in [0.15, 0.2) is 17.5 Å². The molecule has 0 saturated carbocycles. The minimum Gasteiger partial charge on any atom is -0.450 e. The third kappa shape index (κ3) is 6.46. The summed E-state index contributed by atoms with van der Waals surface area (Å²) in [4.78, 5) is 37.1. The Labute approximate surface area is 219 Å². The van der Waals surface area contributed by atoms with Crippen molar-refractivity contribution < 1.29 is 24.4 Å². The summed E-state index contributed by atoms with van der Waals surface area (Å²) in [6.07, 6.45) is 1.25. The number of aliphatic hydroxyl groups is 1. The predicted molar refractivity (Wildman–Crippen MR) is 143 cm³/mol. The second kappa shape index (κ2) is 11.9. The first-order chi connectivity index (χ1) is 18.4. The maximum absolute atomic E-state index is 13.6. The molecule has 4 aromatic carbocycles. The van der Waals surface area contributed by atoms with Gasteiger partial charge < -0.3 is 9.84 Å². The van der Waals surface area contributed by atoms with Gasteiger partial charge in [-0.15, -0.1) is 0 Å². The number of carbonyl (C=O) groups is 2. The lowest BCUT2D eigenvalue weighted by atomic mass is 9.92. The highest BCUT2D eigenvalue weighted by atomic mass is 16.6. The number of ketones is 1. The highest BCUT2D eigenvalue weighted by Gasteiger charge is 2.39. The van der Waals surface area contributed by atoms with Crippen LogP contribution < -0.4 is 0 Å². The molecule has 0 aliphatic carbocycles. The number of esters is 1. The van der Waals surface area contributed by atoms with Crippen molar-refractivity contribution in [3.8, 4) is 0 Å². The number of rotatable bonds is 10. The van der Waals surface area contributed by atoms with E-state index >= 15 is 0 Å². The Kier molecular flexibility index (Phi) is 8.20. The van der Waals surface area contributed by atoms with Gasteiger partial charge in [0, 0.05) is 17.7 Å². The molecule has 0 unspecified atom stereocenters. The van der Waals surface area contributed by atoms with Gasteiger partial charge in [-0.05, 0) is 34.9 Å². The van der Waals surface area contributed by atoms with Crippen LogP contribution in [0, 0.1) is 10.1 Å². The molecule has 0 aliphatic rings. The van der Waals surface area contributed by atoms with E-state index in [-0.39, 0.29) is 5.69 Å². The number of hydrogen-bond acceptors (Lipinski definition) is 6. The number of nitro benzene ring substituents is 1. The fourth-order valence-corrected chi connectivity index (χ4v) is 3.90. The molecule has 38 heavy (non-hydrogen) atoms. The molecule has 7 heteroatoms. The lowest BCUT2D eigenvalue weighted by Crippen LogP contribution is -2.41. The van der Waals surface area contributed by atoms with Crippen molar-refractivity contribution in [1.29, 1.82) is 0 Å². The van der Waals surface area contributed by atoms with Crippen molar-refractivity contribution in [3.05, 3.63) is 154 Å². The topological polar surface area (TPSA) is 107 Å². The van der Waals surface area contributed by atoms with E-state index in [0.717, 1.165) is 0 Å². The minimum absolute atomic E-state index is 0.0929. The molecule has 0 saturated heterocycles. The maximum Gasteiger partial charge on any atom is 0.343 e. The fourth-order valence-electron chi connectivity index (χ4n) is 3.90. The summed E-state index contributed by atoms with van der Waals surface area (Å²) < 4.78 is 5.88. The number of nitrogens with zero attached hydrogens (tertiary/aromatic N) is 1. The van der Waals surface area contributed by atoms with Crippen LogP contribution in [0.1, 0.15) is 39.6 Å². The second-order valence-electron chi connectivity index (χ2n) is 8.68. The third-order valence-corrected chi connectivity index (χ3v) is 5.96. The van der Waals surface area contributed by atoms with Crippen LogP contribution in [0.15, 0.2) is 121 Å². The lowest BCUT2D eigenvalue weighted by Gasteiger charge is -2.26. The molecule has 0 radical (unpaired) electrons. The minimum atomic E-state index is -2.31. The number of hydrogen-bond donors (Lipinski definition) is 1. The number of Topliss-reactive ketones (excluding diaryl/α,β-unsaturated/α-hetero) is 1. The predicted octanol–water partition coefficient (Wildman–Crippen LogP) is 5.94. The summed E-state index contributed by atoms with van der Waals surface area (Å²) in [6.45, 7) is 0. The highest BCUT2D eigenvalue weighted by molar-refractivity contribution is 6.00. The molecule has 0 aromatic heterocycles. The highest BCUT2D eigenvalue weighted by Crippen LogP contribution is 2.30. The number of nitro groups is 1. The monoisotopic (exact) mass is 507 g/mol. The first-order valence-electron chi connectivity index (χ1n) is 11.9. The van der Waals surface area contributed by atoms with Gasteiger partial charge in [-0.1, -0.05) is 97.1 Å². The molecule has 190 valence electrons. The Balaban J connectivity index is 1.67. The van der Waals surface area contributed by atoms with E-state index in [2.05, 4.69) is 0 Å². The number of benzene rings is 4. The maximum atomic E-state index is 13.6. The van der Waals surface area contributed by atoms with E-state index < -0.39 is 34.8 Å². The summed E-state index contributed by atoms with van der Waals surface area (Å²) in [5.41, 5.74) is -0.172. The smallest absolute Gasteiger partial charge is 0.343 e. The summed E-state index contributed by atoms with van der Waals surface area (Å²) >= 11 is 0. The zero-order chi connectivity index (χ0) is 27.0. The van der Waals surface area contributed by atoms with Gasteiger partial charge in [0.2, 0.25) is 0 Å². The summed E-state index contributed by atoms with van der Waals surface area (Å²) in [5, 5.41) is 22.5. The molecule has 1 atom stereocenters. The van der Waals surface area contributed by atoms with Gasteiger partial charge in [-0.2, -0.15) is 0 Å². The van der Waals surface area contributed by atoms with E-state index in [1.807, 2.05) is 60.7 Å². The Bertz CT molecular complexity index is 1380. The van der Waals surface area contributed by atoms with Crippen LogP contribution in [-0.2, 0) is 9.53 Å². The van der Waals surface area contributed by atoms with E-state index in [9.17, 15) is 24.8 Å². The van der Waals surface area contributed by atoms with Gasteiger partial charge in [0.25, 0.3) is 5.69 Å². The van der Waals surface area contributed by atoms with Gasteiger partial charge >= 0.3 is 5.97 Å². The zero-order valence-corrected chi connectivity index (χ0v) is 20.3. The first-order valence-corrected chi connectivity index (χ1v) is 11.9. The van der Waals surface area contributed by atoms with Crippen LogP contribution in [0.5, 0.6) is 0 Å². The third-order valence-electron chi connectivity index (χ3n) is 5.96. The van der Waals surface area contributed by atoms with Crippen molar-refractivity contribution in [3.63, 3.8) is 0 Å². The van der Waals surface area contributed by atoms with Crippen molar-refractivity contribution in [2.24, 2.45) is 0 Å². The Morgan fingerprint density at radius 3 is 1.82 bits per heavy atom. The second-order valence-corrected chi connectivity index (χ2v) is 8.68.